The summed E-state index contributed by atoms with van der Waals surface area (Å²) in [6.07, 6.45) is 0. The predicted molar refractivity (Wildman–Crippen MR) is 103 cm³/mol. The van der Waals surface area contributed by atoms with Crippen LogP contribution >= 0.6 is 11.8 Å². The van der Waals surface area contributed by atoms with Gasteiger partial charge in [0.15, 0.2) is 10.9 Å². The van der Waals surface area contributed by atoms with E-state index in [2.05, 4.69) is 10.3 Å². The van der Waals surface area contributed by atoms with Crippen LogP contribution < -0.4 is 10.9 Å². The van der Waals surface area contributed by atoms with Gasteiger partial charge >= 0.3 is 0 Å². The molecule has 0 aliphatic heterocycles. The van der Waals surface area contributed by atoms with Crippen LogP contribution in [0.15, 0.2) is 58.5 Å². The monoisotopic (exact) mass is 367 g/mol. The van der Waals surface area contributed by atoms with Crippen molar-refractivity contribution in [2.45, 2.75) is 12.1 Å². The van der Waals surface area contributed by atoms with E-state index in [1.165, 1.54) is 23.3 Å². The standard InChI is InChI=1S/C19H17N3O3S/c1-12(23)13-6-5-7-14(10-13)20-17(24)11-26-19-21-16-9-4-3-8-15(16)18(25)22(19)2/h3-10H,11H2,1-2H3,(H,20,24). The minimum atomic E-state index is -0.238. The van der Waals surface area contributed by atoms with Gasteiger partial charge < -0.3 is 5.32 Å². The molecule has 6 nitrogen and oxygen atoms in total. The van der Waals surface area contributed by atoms with Crippen molar-refractivity contribution in [3.05, 3.63) is 64.4 Å². The summed E-state index contributed by atoms with van der Waals surface area (Å²) in [6, 6.07) is 13.9. The molecule has 0 spiro atoms. The fourth-order valence-electron chi connectivity index (χ4n) is 2.47. The molecule has 7 heteroatoms. The van der Waals surface area contributed by atoms with Gasteiger partial charge in [0.05, 0.1) is 16.7 Å². The lowest BCUT2D eigenvalue weighted by Gasteiger charge is -2.09. The normalized spacial score (nSPS) is 10.7. The number of benzene rings is 2. The zero-order valence-electron chi connectivity index (χ0n) is 14.4. The summed E-state index contributed by atoms with van der Waals surface area (Å²) < 4.78 is 1.44. The molecule has 132 valence electrons. The number of para-hydroxylation sites is 1. The molecule has 0 aliphatic rings. The third kappa shape index (κ3) is 3.83. The number of rotatable bonds is 5. The maximum atomic E-state index is 12.4. The van der Waals surface area contributed by atoms with Gasteiger partial charge in [-0.1, -0.05) is 36.0 Å². The third-order valence-corrected chi connectivity index (χ3v) is 4.86. The van der Waals surface area contributed by atoms with Gasteiger partial charge in [0.1, 0.15) is 0 Å². The Hall–Kier alpha value is -2.93. The Morgan fingerprint density at radius 2 is 1.92 bits per heavy atom. The van der Waals surface area contributed by atoms with E-state index in [0.29, 0.717) is 27.3 Å². The smallest absolute Gasteiger partial charge is 0.261 e. The molecule has 0 radical (unpaired) electrons. The second-order valence-electron chi connectivity index (χ2n) is 5.75. The molecule has 26 heavy (non-hydrogen) atoms. The highest BCUT2D eigenvalue weighted by molar-refractivity contribution is 7.99. The van der Waals surface area contributed by atoms with E-state index in [1.54, 1.807) is 49.5 Å². The summed E-state index contributed by atoms with van der Waals surface area (Å²) in [5, 5.41) is 3.77. The highest BCUT2D eigenvalue weighted by Crippen LogP contribution is 2.18. The average molecular weight is 367 g/mol. The Bertz CT molecular complexity index is 1060. The Kier molecular flexibility index (Phi) is 5.18. The number of amides is 1. The molecule has 0 fully saturated rings. The molecule has 1 heterocycles. The summed E-state index contributed by atoms with van der Waals surface area (Å²) >= 11 is 1.19. The van der Waals surface area contributed by atoms with E-state index < -0.39 is 0 Å². The lowest BCUT2D eigenvalue weighted by molar-refractivity contribution is -0.113. The summed E-state index contributed by atoms with van der Waals surface area (Å²) in [5.41, 5.74) is 1.55. The zero-order valence-corrected chi connectivity index (χ0v) is 15.2. The molecule has 1 amide bonds. The second-order valence-corrected chi connectivity index (χ2v) is 6.69. The molecule has 1 aromatic heterocycles. The van der Waals surface area contributed by atoms with Gasteiger partial charge in [0.2, 0.25) is 5.91 Å². The highest BCUT2D eigenvalue weighted by Gasteiger charge is 2.11. The maximum Gasteiger partial charge on any atom is 0.261 e. The first-order valence-electron chi connectivity index (χ1n) is 7.95. The largest absolute Gasteiger partial charge is 0.325 e. The molecule has 2 aromatic carbocycles. The lowest BCUT2D eigenvalue weighted by Crippen LogP contribution is -2.21. The van der Waals surface area contributed by atoms with Crippen molar-refractivity contribution in [3.8, 4) is 0 Å². The molecular weight excluding hydrogens is 350 g/mol. The van der Waals surface area contributed by atoms with Gasteiger partial charge in [-0.25, -0.2) is 4.98 Å². The number of nitrogens with one attached hydrogen (secondary N) is 1. The van der Waals surface area contributed by atoms with Gasteiger partial charge in [-0.15, -0.1) is 0 Å². The highest BCUT2D eigenvalue weighted by atomic mass is 32.2. The van der Waals surface area contributed by atoms with Gasteiger partial charge in [0.25, 0.3) is 5.56 Å². The predicted octanol–water partition coefficient (Wildman–Crippen LogP) is 2.87. The fourth-order valence-corrected chi connectivity index (χ4v) is 3.24. The summed E-state index contributed by atoms with van der Waals surface area (Å²) in [5.74, 6) is -0.202. The van der Waals surface area contributed by atoms with Crippen LogP contribution in [0, 0.1) is 0 Å². The molecule has 3 aromatic rings. The van der Waals surface area contributed by atoms with Crippen molar-refractivity contribution in [1.29, 1.82) is 0 Å². The van der Waals surface area contributed by atoms with Crippen LogP contribution in [0.2, 0.25) is 0 Å². The van der Waals surface area contributed by atoms with Gasteiger partial charge in [-0.05, 0) is 31.2 Å². The van der Waals surface area contributed by atoms with Crippen LogP contribution in [0.1, 0.15) is 17.3 Å². The number of hydrogen-bond acceptors (Lipinski definition) is 5. The number of nitrogens with zero attached hydrogens (tertiary/aromatic N) is 2. The minimum absolute atomic E-state index is 0.0640. The Labute approximate surface area is 154 Å². The van der Waals surface area contributed by atoms with Crippen LogP contribution in [0.4, 0.5) is 5.69 Å². The van der Waals surface area contributed by atoms with E-state index in [0.717, 1.165) is 0 Å². The molecule has 0 atom stereocenters. The molecule has 0 bridgehead atoms. The van der Waals surface area contributed by atoms with Crippen LogP contribution in [0.5, 0.6) is 0 Å². The second kappa shape index (κ2) is 7.53. The first-order chi connectivity index (χ1) is 12.5. The zero-order chi connectivity index (χ0) is 18.7. The number of Topliss-reactive ketones (excluding diaryl/α,β-unsaturated/α-hetero) is 1. The van der Waals surface area contributed by atoms with Crippen molar-refractivity contribution in [2.24, 2.45) is 7.05 Å². The van der Waals surface area contributed by atoms with E-state index in [4.69, 9.17) is 0 Å². The van der Waals surface area contributed by atoms with Crippen molar-refractivity contribution >= 4 is 40.0 Å². The van der Waals surface area contributed by atoms with E-state index in [9.17, 15) is 14.4 Å². The molecule has 0 aliphatic carbocycles. The van der Waals surface area contributed by atoms with Crippen molar-refractivity contribution < 1.29 is 9.59 Å². The van der Waals surface area contributed by atoms with Crippen LogP contribution in [0.25, 0.3) is 10.9 Å². The number of aromatic nitrogens is 2. The lowest BCUT2D eigenvalue weighted by atomic mass is 10.1. The number of fused-ring (bicyclic) bond motifs is 1. The first-order valence-corrected chi connectivity index (χ1v) is 8.93. The van der Waals surface area contributed by atoms with E-state index >= 15 is 0 Å². The molecular formula is C19H17N3O3S. The molecule has 0 saturated carbocycles. The fraction of sp³-hybridized carbons (Fsp3) is 0.158. The molecule has 0 unspecified atom stereocenters. The summed E-state index contributed by atoms with van der Waals surface area (Å²) in [7, 11) is 1.64. The van der Waals surface area contributed by atoms with Crippen molar-refractivity contribution in [2.75, 3.05) is 11.1 Å². The maximum absolute atomic E-state index is 12.4. The Balaban J connectivity index is 1.73. The topological polar surface area (TPSA) is 81.1 Å². The number of carbonyl (C=O) groups excluding carboxylic acids is 2. The number of hydrogen-bond donors (Lipinski definition) is 1. The van der Waals surface area contributed by atoms with Crippen LogP contribution in [-0.4, -0.2) is 27.0 Å². The van der Waals surface area contributed by atoms with Gasteiger partial charge in [-0.2, -0.15) is 0 Å². The van der Waals surface area contributed by atoms with Gasteiger partial charge in [0, 0.05) is 18.3 Å². The number of carbonyl (C=O) groups is 2. The van der Waals surface area contributed by atoms with E-state index in [1.807, 2.05) is 6.07 Å². The molecule has 3 rings (SSSR count). The quantitative estimate of drug-likeness (QED) is 0.426. The SMILES string of the molecule is CC(=O)c1cccc(NC(=O)CSc2nc3ccccc3c(=O)n2C)c1. The number of anilines is 1. The summed E-state index contributed by atoms with van der Waals surface area (Å²) in [4.78, 5) is 40.4. The number of ketones is 1. The van der Waals surface area contributed by atoms with Crippen LogP contribution in [-0.2, 0) is 11.8 Å². The Morgan fingerprint density at radius 3 is 2.69 bits per heavy atom. The first kappa shape index (κ1) is 17.9. The summed E-state index contributed by atoms with van der Waals surface area (Å²) in [6.45, 7) is 1.47. The Morgan fingerprint density at radius 1 is 1.15 bits per heavy atom. The van der Waals surface area contributed by atoms with Crippen molar-refractivity contribution in [3.63, 3.8) is 0 Å². The number of thioether (sulfide) groups is 1. The van der Waals surface area contributed by atoms with Gasteiger partial charge in [-0.3, -0.25) is 19.0 Å². The minimum Gasteiger partial charge on any atom is -0.325 e. The molecule has 0 saturated heterocycles. The van der Waals surface area contributed by atoms with Crippen LogP contribution in [0.3, 0.4) is 0 Å². The molecule has 1 N–H and O–H groups in total. The van der Waals surface area contributed by atoms with E-state index in [-0.39, 0.29) is 23.0 Å². The van der Waals surface area contributed by atoms with Crippen molar-refractivity contribution in [1.82, 2.24) is 9.55 Å². The third-order valence-electron chi connectivity index (χ3n) is 3.83. The average Bonchev–Trinajstić information content (AvgIpc) is 2.63.